The van der Waals surface area contributed by atoms with Crippen molar-refractivity contribution >= 4 is 14.3 Å². The zero-order chi connectivity index (χ0) is 23.5. The van der Waals surface area contributed by atoms with Crippen molar-refractivity contribution in [2.75, 3.05) is 0 Å². The third kappa shape index (κ3) is 10.4. The summed E-state index contributed by atoms with van der Waals surface area (Å²) >= 11 is 0. The number of rotatable bonds is 14. The van der Waals surface area contributed by atoms with Gasteiger partial charge in [0.2, 0.25) is 0 Å². The monoisotopic (exact) mass is 450 g/mol. The molecule has 0 aliphatic heterocycles. The fourth-order valence-electron chi connectivity index (χ4n) is 3.88. The number of aliphatic hydroxyl groups is 1. The second-order valence-corrected chi connectivity index (χ2v) is 15.2. The average Bonchev–Trinajstić information content (AvgIpc) is 3.01. The van der Waals surface area contributed by atoms with Crippen LogP contribution in [-0.2, 0) is 9.22 Å². The van der Waals surface area contributed by atoms with Gasteiger partial charge in [-0.05, 0) is 68.8 Å². The van der Waals surface area contributed by atoms with Crippen molar-refractivity contribution in [3.63, 3.8) is 0 Å². The summed E-state index contributed by atoms with van der Waals surface area (Å²) in [5.74, 6) is -0.646. The zero-order valence-corrected chi connectivity index (χ0v) is 21.7. The second kappa shape index (κ2) is 13.4. The molecular weight excluding hydrogens is 404 g/mol. The predicted octanol–water partition coefficient (Wildman–Crippen LogP) is 7.01. The highest BCUT2D eigenvalue weighted by molar-refractivity contribution is 6.74. The van der Waals surface area contributed by atoms with Crippen molar-refractivity contribution in [1.82, 2.24) is 0 Å². The Kier molecular flexibility index (Phi) is 12.1. The molecule has 2 N–H and O–H groups in total. The largest absolute Gasteiger partial charge is 0.481 e. The van der Waals surface area contributed by atoms with Gasteiger partial charge in [0, 0.05) is 12.0 Å². The second-order valence-electron chi connectivity index (χ2n) is 10.5. The van der Waals surface area contributed by atoms with Gasteiger partial charge >= 0.3 is 5.97 Å². The number of carbonyl (C=O) groups is 1. The molecule has 0 unspecified atom stereocenters. The molecule has 0 radical (unpaired) electrons. The van der Waals surface area contributed by atoms with Gasteiger partial charge < -0.3 is 14.6 Å². The fourth-order valence-corrected chi connectivity index (χ4v) is 5.30. The van der Waals surface area contributed by atoms with Crippen molar-refractivity contribution in [3.8, 4) is 0 Å². The third-order valence-corrected chi connectivity index (χ3v) is 11.4. The Hall–Kier alpha value is -1.13. The van der Waals surface area contributed by atoms with Crippen LogP contribution in [0.2, 0.25) is 18.1 Å². The molecule has 31 heavy (non-hydrogen) atoms. The van der Waals surface area contributed by atoms with Gasteiger partial charge in [-0.15, -0.1) is 5.73 Å². The fraction of sp³-hybridized carbons (Fsp3) is 0.769. The summed E-state index contributed by atoms with van der Waals surface area (Å²) < 4.78 is 6.80. The van der Waals surface area contributed by atoms with Crippen LogP contribution < -0.4 is 0 Å². The predicted molar refractivity (Wildman–Crippen MR) is 132 cm³/mol. The molecule has 0 aromatic carbocycles. The van der Waals surface area contributed by atoms with E-state index < -0.39 is 14.3 Å². The number of carboxylic acid groups (broad SMARTS) is 1. The maximum Gasteiger partial charge on any atom is 0.307 e. The lowest BCUT2D eigenvalue weighted by Gasteiger charge is -2.39. The number of hydrogen-bond acceptors (Lipinski definition) is 3. The van der Waals surface area contributed by atoms with E-state index in [0.29, 0.717) is 6.10 Å². The van der Waals surface area contributed by atoms with Crippen LogP contribution in [0.1, 0.15) is 91.9 Å². The Balaban J connectivity index is 2.67. The molecule has 0 aromatic heterocycles. The molecule has 0 heterocycles. The minimum atomic E-state index is -1.80. The van der Waals surface area contributed by atoms with Crippen LogP contribution >= 0.6 is 0 Å². The van der Waals surface area contributed by atoms with Gasteiger partial charge in [0.25, 0.3) is 0 Å². The molecule has 0 saturated heterocycles. The minimum absolute atomic E-state index is 0.00134. The molecule has 3 atom stereocenters. The van der Waals surface area contributed by atoms with Gasteiger partial charge in [0.05, 0.1) is 12.5 Å². The Morgan fingerprint density at radius 3 is 2.61 bits per heavy atom. The van der Waals surface area contributed by atoms with Crippen LogP contribution in [0.5, 0.6) is 0 Å². The van der Waals surface area contributed by atoms with Crippen molar-refractivity contribution in [2.24, 2.45) is 5.92 Å². The summed E-state index contributed by atoms with van der Waals surface area (Å²) in [4.78, 5) is 10.5. The molecule has 0 saturated carbocycles. The maximum atomic E-state index is 10.5. The third-order valence-electron chi connectivity index (χ3n) is 6.85. The molecule has 1 aliphatic rings. The zero-order valence-electron chi connectivity index (χ0n) is 20.7. The van der Waals surface area contributed by atoms with Crippen LogP contribution in [0.4, 0.5) is 0 Å². The molecule has 1 aliphatic carbocycles. The van der Waals surface area contributed by atoms with Crippen LogP contribution in [0, 0.1) is 5.92 Å². The highest BCUT2D eigenvalue weighted by Crippen LogP contribution is 2.39. The first kappa shape index (κ1) is 27.9. The first-order chi connectivity index (χ1) is 14.5. The topological polar surface area (TPSA) is 66.8 Å². The first-order valence-electron chi connectivity index (χ1n) is 12.1. The van der Waals surface area contributed by atoms with Crippen LogP contribution in [0.3, 0.4) is 0 Å². The lowest BCUT2D eigenvalue weighted by atomic mass is 9.90. The van der Waals surface area contributed by atoms with E-state index in [9.17, 15) is 9.90 Å². The quantitative estimate of drug-likeness (QED) is 0.129. The molecule has 178 valence electrons. The van der Waals surface area contributed by atoms with E-state index in [4.69, 9.17) is 9.53 Å². The van der Waals surface area contributed by atoms with Crippen molar-refractivity contribution in [3.05, 3.63) is 29.5 Å². The van der Waals surface area contributed by atoms with Gasteiger partial charge in [-0.25, -0.2) is 0 Å². The maximum absolute atomic E-state index is 10.5. The molecule has 0 fully saturated rings. The Labute approximate surface area is 191 Å². The highest BCUT2D eigenvalue weighted by atomic mass is 28.4. The summed E-state index contributed by atoms with van der Waals surface area (Å²) in [7, 11) is -1.80. The number of unbranched alkanes of at least 4 members (excludes halogenated alkanes) is 2. The number of aliphatic hydroxyl groups excluding tert-OH is 1. The van der Waals surface area contributed by atoms with E-state index in [2.05, 4.69) is 52.6 Å². The number of carboxylic acids is 1. The van der Waals surface area contributed by atoms with Crippen molar-refractivity contribution in [2.45, 2.75) is 122 Å². The Morgan fingerprint density at radius 1 is 1.29 bits per heavy atom. The van der Waals surface area contributed by atoms with Crippen molar-refractivity contribution in [1.29, 1.82) is 0 Å². The van der Waals surface area contributed by atoms with Crippen LogP contribution in [0.25, 0.3) is 0 Å². The molecule has 4 nitrogen and oxygen atoms in total. The summed E-state index contributed by atoms with van der Waals surface area (Å²) in [6, 6.07) is 0. The minimum Gasteiger partial charge on any atom is -0.481 e. The molecular formula is C26H46O4Si. The summed E-state index contributed by atoms with van der Waals surface area (Å²) in [6.45, 7) is 13.8. The van der Waals surface area contributed by atoms with Gasteiger partial charge in [0.15, 0.2) is 8.32 Å². The van der Waals surface area contributed by atoms with E-state index >= 15 is 0 Å². The molecule has 0 bridgehead atoms. The Morgan fingerprint density at radius 2 is 2.00 bits per heavy atom. The summed E-state index contributed by atoms with van der Waals surface area (Å²) in [5, 5.41) is 19.3. The van der Waals surface area contributed by atoms with Gasteiger partial charge in [-0.1, -0.05) is 58.6 Å². The van der Waals surface area contributed by atoms with Crippen LogP contribution in [-0.4, -0.2) is 36.7 Å². The number of hydrogen-bond donors (Lipinski definition) is 2. The SMILES string of the molecule is CCCCC[C@@H](CCC1=CC[C@H](O)[C@@H]1CCC=C=CCC(=O)O)O[Si](C)(C)C(C)(C)C. The summed E-state index contributed by atoms with van der Waals surface area (Å²) in [6.07, 6.45) is 14.9. The average molecular weight is 451 g/mol. The first-order valence-corrected chi connectivity index (χ1v) is 15.0. The molecule has 1 rings (SSSR count). The van der Waals surface area contributed by atoms with Gasteiger partial charge in [-0.2, -0.15) is 0 Å². The van der Waals surface area contributed by atoms with Crippen LogP contribution in [0.15, 0.2) is 29.5 Å². The molecule has 0 spiro atoms. The summed E-state index contributed by atoms with van der Waals surface area (Å²) in [5.41, 5.74) is 4.31. The van der Waals surface area contributed by atoms with E-state index in [1.54, 1.807) is 6.08 Å². The highest BCUT2D eigenvalue weighted by Gasteiger charge is 2.39. The van der Waals surface area contributed by atoms with Crippen molar-refractivity contribution < 1.29 is 19.4 Å². The van der Waals surface area contributed by atoms with Gasteiger partial charge in [0.1, 0.15) is 0 Å². The molecule has 0 aromatic rings. The van der Waals surface area contributed by atoms with Gasteiger partial charge in [-0.3, -0.25) is 4.79 Å². The van der Waals surface area contributed by atoms with E-state index in [0.717, 1.165) is 38.5 Å². The number of aliphatic carboxylic acids is 1. The van der Waals surface area contributed by atoms with E-state index in [1.165, 1.54) is 24.8 Å². The molecule has 0 amide bonds. The lowest BCUT2D eigenvalue weighted by molar-refractivity contribution is -0.136. The normalized spacial score (nSPS) is 20.2. The standard InChI is InChI=1S/C26H46O4Si/c1-7-8-11-14-22(30-31(5,6)26(2,3)4)19-17-21-18-20-24(27)23(21)15-12-9-10-13-16-25(28)29/h9,13,18,22-24,27H,7-8,11-12,14-17,19-20H2,1-6H3,(H,28,29)/t10?,22-,23+,24-/m0/s1. The van der Waals surface area contributed by atoms with E-state index in [1.807, 2.05) is 6.08 Å². The molecule has 5 heteroatoms. The van der Waals surface area contributed by atoms with E-state index in [-0.39, 0.29) is 23.5 Å². The Bertz CT molecular complexity index is 638. The lowest BCUT2D eigenvalue weighted by Crippen LogP contribution is -2.44. The smallest absolute Gasteiger partial charge is 0.307 e.